The van der Waals surface area contributed by atoms with Gasteiger partial charge in [0.05, 0.1) is 5.69 Å². The molecule has 3 rings (SSSR count). The van der Waals surface area contributed by atoms with Gasteiger partial charge < -0.3 is 5.32 Å². The van der Waals surface area contributed by atoms with Crippen molar-refractivity contribution in [1.82, 2.24) is 5.32 Å². The summed E-state index contributed by atoms with van der Waals surface area (Å²) in [4.78, 5) is 26.2. The molecule has 1 aliphatic heterocycles. The molecule has 1 heterocycles. The second-order valence-electron chi connectivity index (χ2n) is 5.65. The fraction of sp³-hybridized carbons (Fsp3) is 0.467. The number of rotatable bonds is 1. The van der Waals surface area contributed by atoms with Gasteiger partial charge in [-0.1, -0.05) is 25.3 Å². The van der Waals surface area contributed by atoms with Gasteiger partial charge in [-0.3, -0.25) is 14.5 Å². The highest BCUT2D eigenvalue weighted by atomic mass is 79.9. The highest BCUT2D eigenvalue weighted by molar-refractivity contribution is 9.10. The maximum Gasteiger partial charge on any atom is 0.253 e. The lowest BCUT2D eigenvalue weighted by Gasteiger charge is -2.44. The van der Waals surface area contributed by atoms with Gasteiger partial charge in [0.1, 0.15) is 17.9 Å². The van der Waals surface area contributed by atoms with Crippen LogP contribution in [0.3, 0.4) is 0 Å². The number of nitrogens with zero attached hydrogens (tertiary/aromatic N) is 1. The average Bonchev–Trinajstić information content (AvgIpc) is 2.45. The molecule has 21 heavy (non-hydrogen) atoms. The van der Waals surface area contributed by atoms with Crippen molar-refractivity contribution in [2.45, 2.75) is 37.6 Å². The molecule has 1 saturated carbocycles. The molecule has 1 spiro atoms. The van der Waals surface area contributed by atoms with Crippen LogP contribution >= 0.6 is 15.9 Å². The Morgan fingerprint density at radius 1 is 1.19 bits per heavy atom. The number of amides is 2. The maximum atomic E-state index is 14.1. The number of para-hydroxylation sites is 1. The van der Waals surface area contributed by atoms with Gasteiger partial charge in [0.25, 0.3) is 5.91 Å². The van der Waals surface area contributed by atoms with Gasteiger partial charge in [0.2, 0.25) is 5.91 Å². The maximum absolute atomic E-state index is 14.1. The number of hydrogen-bond acceptors (Lipinski definition) is 2. The summed E-state index contributed by atoms with van der Waals surface area (Å²) in [5.41, 5.74) is -0.697. The molecule has 1 aliphatic carbocycles. The first-order valence-electron chi connectivity index (χ1n) is 7.10. The van der Waals surface area contributed by atoms with Crippen LogP contribution in [0.1, 0.15) is 32.1 Å². The Balaban J connectivity index is 2.02. The number of halogens is 2. The van der Waals surface area contributed by atoms with Gasteiger partial charge in [0, 0.05) is 4.47 Å². The van der Waals surface area contributed by atoms with Crippen LogP contribution in [0.4, 0.5) is 10.1 Å². The van der Waals surface area contributed by atoms with E-state index in [2.05, 4.69) is 21.2 Å². The molecule has 112 valence electrons. The highest BCUT2D eigenvalue weighted by Gasteiger charge is 2.48. The van der Waals surface area contributed by atoms with E-state index in [0.29, 0.717) is 17.3 Å². The Labute approximate surface area is 130 Å². The van der Waals surface area contributed by atoms with Crippen LogP contribution in [-0.4, -0.2) is 23.9 Å². The monoisotopic (exact) mass is 354 g/mol. The van der Waals surface area contributed by atoms with E-state index < -0.39 is 11.4 Å². The zero-order valence-corrected chi connectivity index (χ0v) is 13.1. The fourth-order valence-corrected chi connectivity index (χ4v) is 3.81. The lowest BCUT2D eigenvalue weighted by atomic mass is 9.79. The molecule has 0 radical (unpaired) electrons. The molecular formula is C15H16BrFN2O2. The Bertz CT molecular complexity index is 579. The van der Waals surface area contributed by atoms with Crippen molar-refractivity contribution in [3.8, 4) is 0 Å². The van der Waals surface area contributed by atoms with Gasteiger partial charge in [-0.2, -0.15) is 0 Å². The number of nitrogens with one attached hydrogen (secondary N) is 1. The van der Waals surface area contributed by atoms with E-state index >= 15 is 0 Å². The zero-order valence-electron chi connectivity index (χ0n) is 11.5. The van der Waals surface area contributed by atoms with E-state index in [4.69, 9.17) is 0 Å². The van der Waals surface area contributed by atoms with Gasteiger partial charge in [-0.25, -0.2) is 4.39 Å². The Morgan fingerprint density at radius 3 is 2.57 bits per heavy atom. The molecule has 1 aromatic rings. The van der Waals surface area contributed by atoms with Gasteiger partial charge in [-0.05, 0) is 40.9 Å². The first-order chi connectivity index (χ1) is 10.0. The minimum absolute atomic E-state index is 0.139. The molecule has 2 aliphatic rings. The van der Waals surface area contributed by atoms with Crippen molar-refractivity contribution in [3.05, 3.63) is 28.5 Å². The first-order valence-corrected chi connectivity index (χ1v) is 7.90. The molecule has 1 saturated heterocycles. The third kappa shape index (κ3) is 2.46. The number of hydrogen-bond donors (Lipinski definition) is 1. The average molecular weight is 355 g/mol. The second kappa shape index (κ2) is 5.40. The molecule has 0 bridgehead atoms. The predicted octanol–water partition coefficient (Wildman–Crippen LogP) is 2.75. The van der Waals surface area contributed by atoms with Crippen LogP contribution in [0.15, 0.2) is 22.7 Å². The van der Waals surface area contributed by atoms with Crippen molar-refractivity contribution < 1.29 is 14.0 Å². The second-order valence-corrected chi connectivity index (χ2v) is 6.51. The number of piperazine rings is 1. The van der Waals surface area contributed by atoms with E-state index in [9.17, 15) is 14.0 Å². The van der Waals surface area contributed by atoms with E-state index in [1.54, 1.807) is 12.1 Å². The summed E-state index contributed by atoms with van der Waals surface area (Å²) >= 11 is 3.28. The summed E-state index contributed by atoms with van der Waals surface area (Å²) in [7, 11) is 0. The highest BCUT2D eigenvalue weighted by Crippen LogP contribution is 2.37. The van der Waals surface area contributed by atoms with Crippen molar-refractivity contribution in [2.75, 3.05) is 11.4 Å². The van der Waals surface area contributed by atoms with Crippen molar-refractivity contribution in [3.63, 3.8) is 0 Å². The van der Waals surface area contributed by atoms with E-state index in [1.165, 1.54) is 11.0 Å². The Morgan fingerprint density at radius 2 is 1.90 bits per heavy atom. The molecule has 2 fully saturated rings. The van der Waals surface area contributed by atoms with Gasteiger partial charge in [0.15, 0.2) is 0 Å². The normalized spacial score (nSPS) is 21.5. The SMILES string of the molecule is O=C1CN(c2c(F)cccc2Br)C(=O)C2(CCCCC2)N1. The van der Waals surface area contributed by atoms with Crippen LogP contribution in [-0.2, 0) is 9.59 Å². The van der Waals surface area contributed by atoms with Gasteiger partial charge >= 0.3 is 0 Å². The smallest absolute Gasteiger partial charge is 0.253 e. The van der Waals surface area contributed by atoms with Crippen LogP contribution in [0.5, 0.6) is 0 Å². The number of anilines is 1. The minimum atomic E-state index is -0.852. The van der Waals surface area contributed by atoms with Gasteiger partial charge in [-0.15, -0.1) is 0 Å². The lowest BCUT2D eigenvalue weighted by Crippen LogP contribution is -2.67. The van der Waals surface area contributed by atoms with Crippen LogP contribution in [0.2, 0.25) is 0 Å². The predicted molar refractivity (Wildman–Crippen MR) is 80.4 cm³/mol. The summed E-state index contributed by atoms with van der Waals surface area (Å²) in [6.07, 6.45) is 4.12. The molecular weight excluding hydrogens is 339 g/mol. The Kier molecular flexibility index (Phi) is 3.73. The summed E-state index contributed by atoms with van der Waals surface area (Å²) in [5, 5.41) is 2.85. The number of carbonyl (C=O) groups excluding carboxylic acids is 2. The number of carbonyl (C=O) groups is 2. The summed E-state index contributed by atoms with van der Waals surface area (Å²) in [6, 6.07) is 4.53. The quantitative estimate of drug-likeness (QED) is 0.842. The molecule has 0 aromatic heterocycles. The third-order valence-corrected chi connectivity index (χ3v) is 4.89. The van der Waals surface area contributed by atoms with Crippen molar-refractivity contribution in [1.29, 1.82) is 0 Å². The summed E-state index contributed by atoms with van der Waals surface area (Å²) < 4.78 is 14.6. The molecule has 4 nitrogen and oxygen atoms in total. The summed E-state index contributed by atoms with van der Waals surface area (Å²) in [6.45, 7) is -0.139. The minimum Gasteiger partial charge on any atom is -0.340 e. The molecule has 6 heteroatoms. The number of benzene rings is 1. The van der Waals surface area contributed by atoms with E-state index in [1.807, 2.05) is 0 Å². The van der Waals surface area contributed by atoms with Crippen LogP contribution in [0, 0.1) is 5.82 Å². The Hall–Kier alpha value is -1.43. The van der Waals surface area contributed by atoms with Crippen LogP contribution in [0.25, 0.3) is 0 Å². The molecule has 1 aromatic carbocycles. The van der Waals surface area contributed by atoms with Crippen LogP contribution < -0.4 is 10.2 Å². The first kappa shape index (κ1) is 14.5. The molecule has 1 N–H and O–H groups in total. The molecule has 0 atom stereocenters. The lowest BCUT2D eigenvalue weighted by molar-refractivity contribution is -0.137. The standard InChI is InChI=1S/C15H16BrFN2O2/c16-10-5-4-6-11(17)13(10)19-9-12(20)18-15(14(19)21)7-2-1-3-8-15/h4-6H,1-3,7-9H2,(H,18,20). The fourth-order valence-electron chi connectivity index (χ4n) is 3.26. The van der Waals surface area contributed by atoms with E-state index in [-0.39, 0.29) is 24.0 Å². The molecule has 2 amide bonds. The largest absolute Gasteiger partial charge is 0.340 e. The van der Waals surface area contributed by atoms with E-state index in [0.717, 1.165) is 19.3 Å². The zero-order chi connectivity index (χ0) is 15.0. The van der Waals surface area contributed by atoms with Crippen molar-refractivity contribution in [2.24, 2.45) is 0 Å². The summed E-state index contributed by atoms with van der Waals surface area (Å²) in [5.74, 6) is -0.933. The van der Waals surface area contributed by atoms with Crippen molar-refractivity contribution >= 4 is 33.4 Å². The topological polar surface area (TPSA) is 49.4 Å². The molecule has 0 unspecified atom stereocenters. The third-order valence-electron chi connectivity index (χ3n) is 4.25.